The van der Waals surface area contributed by atoms with E-state index >= 15 is 0 Å². The maximum Gasteiger partial charge on any atom is 0.406 e. The number of imidazole rings is 1. The smallest absolute Gasteiger partial charge is 0.358 e. The number of rotatable bonds is 3. The van der Waals surface area contributed by atoms with Crippen molar-refractivity contribution in [2.75, 3.05) is 11.4 Å². The first kappa shape index (κ1) is 13.8. The van der Waals surface area contributed by atoms with Gasteiger partial charge in [0.25, 0.3) is 0 Å². The summed E-state index contributed by atoms with van der Waals surface area (Å²) in [4.78, 5) is 17.0. The molecule has 1 aromatic heterocycles. The first-order valence-electron chi connectivity index (χ1n) is 6.63. The maximum atomic E-state index is 11.2. The van der Waals surface area contributed by atoms with Crippen LogP contribution in [0, 0.1) is 17.0 Å². The molecule has 2 rings (SSSR count). The second-order valence-electron chi connectivity index (χ2n) is 5.20. The zero-order chi connectivity index (χ0) is 14.2. The van der Waals surface area contributed by atoms with Crippen molar-refractivity contribution in [1.29, 1.82) is 0 Å². The van der Waals surface area contributed by atoms with Gasteiger partial charge < -0.3 is 20.7 Å². The molecule has 0 radical (unpaired) electrons. The number of aryl methyl sites for hydroxylation is 1. The molecule has 1 aliphatic heterocycles. The minimum absolute atomic E-state index is 0.0628. The molecule has 7 heteroatoms. The maximum absolute atomic E-state index is 11.2. The Morgan fingerprint density at radius 1 is 1.53 bits per heavy atom. The van der Waals surface area contributed by atoms with Crippen molar-refractivity contribution >= 4 is 11.6 Å². The van der Waals surface area contributed by atoms with E-state index in [1.165, 1.54) is 0 Å². The molecule has 0 bridgehead atoms. The van der Waals surface area contributed by atoms with Crippen LogP contribution in [-0.2, 0) is 7.05 Å². The van der Waals surface area contributed by atoms with Crippen LogP contribution < -0.4 is 10.6 Å². The molecule has 2 heterocycles. The van der Waals surface area contributed by atoms with E-state index in [4.69, 9.17) is 5.73 Å². The number of hydrogen-bond acceptors (Lipinski definition) is 5. The van der Waals surface area contributed by atoms with E-state index in [9.17, 15) is 10.1 Å². The standard InChI is InChI=1S/C12H21N5O2/c1-8-5-4-6-10(7-13)16(8)12-11(17(18)19)14-9(2)15(12)3/h8,10H,4-7,13H2,1-3H3. The molecule has 7 nitrogen and oxygen atoms in total. The Morgan fingerprint density at radius 2 is 2.21 bits per heavy atom. The van der Waals surface area contributed by atoms with Gasteiger partial charge in [0.1, 0.15) is 0 Å². The lowest BCUT2D eigenvalue weighted by atomic mass is 9.96. The van der Waals surface area contributed by atoms with Gasteiger partial charge in [-0.15, -0.1) is 0 Å². The zero-order valence-corrected chi connectivity index (χ0v) is 11.7. The zero-order valence-electron chi connectivity index (χ0n) is 11.7. The molecule has 0 aromatic carbocycles. The second-order valence-corrected chi connectivity index (χ2v) is 5.20. The van der Waals surface area contributed by atoms with Gasteiger partial charge >= 0.3 is 5.82 Å². The number of aromatic nitrogens is 2. The highest BCUT2D eigenvalue weighted by Gasteiger charge is 2.36. The molecule has 1 fully saturated rings. The lowest BCUT2D eigenvalue weighted by molar-refractivity contribution is -0.388. The molecular weight excluding hydrogens is 246 g/mol. The quantitative estimate of drug-likeness (QED) is 0.659. The van der Waals surface area contributed by atoms with Crippen LogP contribution in [0.2, 0.25) is 0 Å². The number of nitro groups is 1. The van der Waals surface area contributed by atoms with Crippen LogP contribution in [0.4, 0.5) is 11.6 Å². The summed E-state index contributed by atoms with van der Waals surface area (Å²) >= 11 is 0. The molecule has 0 spiro atoms. The summed E-state index contributed by atoms with van der Waals surface area (Å²) in [6.07, 6.45) is 3.12. The van der Waals surface area contributed by atoms with Crippen LogP contribution >= 0.6 is 0 Å². The lowest BCUT2D eigenvalue weighted by Gasteiger charge is -2.41. The average molecular weight is 267 g/mol. The van der Waals surface area contributed by atoms with E-state index < -0.39 is 4.92 Å². The van der Waals surface area contributed by atoms with E-state index in [0.717, 1.165) is 19.3 Å². The summed E-state index contributed by atoms with van der Waals surface area (Å²) in [6, 6.07) is 0.396. The Morgan fingerprint density at radius 3 is 2.79 bits per heavy atom. The van der Waals surface area contributed by atoms with Crippen molar-refractivity contribution in [1.82, 2.24) is 9.55 Å². The predicted molar refractivity (Wildman–Crippen MR) is 73.2 cm³/mol. The second kappa shape index (κ2) is 5.16. The van der Waals surface area contributed by atoms with E-state index in [-0.39, 0.29) is 17.9 Å². The Labute approximate surface area is 112 Å². The summed E-state index contributed by atoms with van der Waals surface area (Å²) in [5.74, 6) is 1.17. The third-order valence-corrected chi connectivity index (χ3v) is 3.99. The first-order chi connectivity index (χ1) is 8.97. The van der Waals surface area contributed by atoms with Crippen molar-refractivity contribution in [3.05, 3.63) is 15.9 Å². The van der Waals surface area contributed by atoms with Crippen molar-refractivity contribution in [2.24, 2.45) is 12.8 Å². The molecule has 1 aliphatic rings. The topological polar surface area (TPSA) is 90.2 Å². The Hall–Kier alpha value is -1.63. The molecule has 0 amide bonds. The highest BCUT2D eigenvalue weighted by Crippen LogP contribution is 2.35. The molecule has 106 valence electrons. The van der Waals surface area contributed by atoms with Gasteiger partial charge in [-0.1, -0.05) is 0 Å². The Kier molecular flexibility index (Phi) is 3.75. The number of nitrogens with zero attached hydrogens (tertiary/aromatic N) is 4. The van der Waals surface area contributed by atoms with Crippen LogP contribution in [-0.4, -0.2) is 33.1 Å². The molecule has 2 unspecified atom stereocenters. The Balaban J connectivity index is 2.51. The largest absolute Gasteiger partial charge is 0.406 e. The molecular formula is C12H21N5O2. The Bertz CT molecular complexity index is 485. The molecule has 0 saturated carbocycles. The van der Waals surface area contributed by atoms with E-state index in [2.05, 4.69) is 16.8 Å². The highest BCUT2D eigenvalue weighted by molar-refractivity contribution is 5.57. The third-order valence-electron chi connectivity index (χ3n) is 3.99. The number of nitrogens with two attached hydrogens (primary N) is 1. The van der Waals surface area contributed by atoms with Gasteiger partial charge in [-0.05, 0) is 36.1 Å². The summed E-state index contributed by atoms with van der Waals surface area (Å²) in [7, 11) is 1.82. The van der Waals surface area contributed by atoms with Crippen LogP contribution in [0.5, 0.6) is 0 Å². The number of hydrogen-bond donors (Lipinski definition) is 1. The number of anilines is 1. The minimum Gasteiger partial charge on any atom is -0.358 e. The van der Waals surface area contributed by atoms with Crippen LogP contribution in [0.25, 0.3) is 0 Å². The van der Waals surface area contributed by atoms with Gasteiger partial charge in [0.05, 0.1) is 0 Å². The number of piperidine rings is 1. The highest BCUT2D eigenvalue weighted by atomic mass is 16.6. The fourth-order valence-corrected chi connectivity index (χ4v) is 2.89. The fraction of sp³-hybridized carbons (Fsp3) is 0.750. The first-order valence-corrected chi connectivity index (χ1v) is 6.63. The molecule has 2 N–H and O–H groups in total. The molecule has 2 atom stereocenters. The van der Waals surface area contributed by atoms with Crippen LogP contribution in [0.3, 0.4) is 0 Å². The van der Waals surface area contributed by atoms with Crippen molar-refractivity contribution < 1.29 is 4.92 Å². The SMILES string of the molecule is Cc1nc([N+](=O)[O-])c(N2C(C)CCCC2CN)n1C. The normalized spacial score (nSPS) is 23.7. The monoisotopic (exact) mass is 267 g/mol. The van der Waals surface area contributed by atoms with Crippen molar-refractivity contribution in [3.8, 4) is 0 Å². The van der Waals surface area contributed by atoms with Gasteiger partial charge in [0.2, 0.25) is 11.6 Å². The van der Waals surface area contributed by atoms with E-state index in [1.807, 2.05) is 7.05 Å². The fourth-order valence-electron chi connectivity index (χ4n) is 2.89. The van der Waals surface area contributed by atoms with Gasteiger partial charge in [0.15, 0.2) is 0 Å². The molecule has 1 saturated heterocycles. The summed E-state index contributed by atoms with van der Waals surface area (Å²) < 4.78 is 1.79. The van der Waals surface area contributed by atoms with Gasteiger partial charge in [-0.2, -0.15) is 0 Å². The molecule has 0 aliphatic carbocycles. The van der Waals surface area contributed by atoms with E-state index in [1.54, 1.807) is 11.5 Å². The molecule has 1 aromatic rings. The van der Waals surface area contributed by atoms with Gasteiger partial charge in [0, 0.05) is 32.6 Å². The summed E-state index contributed by atoms with van der Waals surface area (Å²) in [6.45, 7) is 4.38. The van der Waals surface area contributed by atoms with Gasteiger partial charge in [-0.3, -0.25) is 4.57 Å². The predicted octanol–water partition coefficient (Wildman–Crippen LogP) is 1.34. The lowest BCUT2D eigenvalue weighted by Crippen LogP contribution is -2.50. The average Bonchev–Trinajstić information content (AvgIpc) is 2.66. The summed E-state index contributed by atoms with van der Waals surface area (Å²) in [5, 5.41) is 11.2. The minimum atomic E-state index is -0.406. The van der Waals surface area contributed by atoms with E-state index in [0.29, 0.717) is 18.2 Å². The van der Waals surface area contributed by atoms with Crippen molar-refractivity contribution in [2.45, 2.75) is 45.2 Å². The van der Waals surface area contributed by atoms with Crippen LogP contribution in [0.15, 0.2) is 0 Å². The molecule has 19 heavy (non-hydrogen) atoms. The van der Waals surface area contributed by atoms with Gasteiger partial charge in [-0.25, -0.2) is 0 Å². The van der Waals surface area contributed by atoms with Crippen molar-refractivity contribution in [3.63, 3.8) is 0 Å². The summed E-state index contributed by atoms with van der Waals surface area (Å²) in [5.41, 5.74) is 5.84. The third kappa shape index (κ3) is 2.30. The van der Waals surface area contributed by atoms with Crippen LogP contribution in [0.1, 0.15) is 32.0 Å².